The van der Waals surface area contributed by atoms with Crippen molar-refractivity contribution in [1.29, 1.82) is 0 Å². The highest BCUT2D eigenvalue weighted by atomic mass is 19.1. The van der Waals surface area contributed by atoms with Gasteiger partial charge in [0.25, 0.3) is 23.4 Å². The van der Waals surface area contributed by atoms with E-state index in [1.807, 2.05) is 13.8 Å². The molecule has 0 unspecified atom stereocenters. The van der Waals surface area contributed by atoms with Crippen LogP contribution in [0.1, 0.15) is 79.9 Å². The quantitative estimate of drug-likeness (QED) is 0.0472. The number of amides is 4. The lowest BCUT2D eigenvalue weighted by Gasteiger charge is -2.35. The molecule has 5 aromatic rings. The van der Waals surface area contributed by atoms with Crippen LogP contribution in [-0.2, 0) is 19.2 Å². The number of aryl methyl sites for hydroxylation is 1. The third-order valence-corrected chi connectivity index (χ3v) is 10.9. The van der Waals surface area contributed by atoms with Crippen molar-refractivity contribution in [3.63, 3.8) is 0 Å². The number of ether oxygens (including phenoxy) is 1. The first-order chi connectivity index (χ1) is 30.8. The Bertz CT molecular complexity index is 2550. The Morgan fingerprint density at radius 3 is 1.95 bits per heavy atom. The molecular weight excluding hydrogens is 832 g/mol. The molecule has 2 aliphatic rings. The SMILES string of the molecule is CCCCCC(=O)N1CCN(C(=O)C(=O)c2c[nH]c3c(-n4cnc(C)n4)ncc(OC)c23)CC1.CCN=NNc1ncc(F)c2c(C(=O)C(=O)N3CCN(C(=O)C(C)C)CC3)c[nH]c12. The number of halogens is 1. The average molecular weight is 885 g/mol. The van der Waals surface area contributed by atoms with Crippen LogP contribution in [-0.4, -0.2) is 156 Å². The average Bonchev–Trinajstić information content (AvgIpc) is 4.08. The summed E-state index contributed by atoms with van der Waals surface area (Å²) in [6.07, 6.45) is 10.3. The largest absolute Gasteiger partial charge is 0.494 e. The molecule has 340 valence electrons. The van der Waals surface area contributed by atoms with Gasteiger partial charge in [0.1, 0.15) is 17.9 Å². The number of hydrogen-bond donors (Lipinski definition) is 3. The standard InChI is InChI=1S/C23H29N7O4.C19H24FN7O3/c1-4-5-6-7-18(31)28-8-10-29(11-9-28)23(33)21(32)16-12-24-20-19(16)17(34-3)13-25-22(20)30-14-26-15(2)27-30;1-4-23-25-24-17-15-14(13(20)10-22-17)12(9-21-15)16(28)19(30)27-7-5-26(6-8-27)18(29)11(2)3/h12-14,24H,4-11H2,1-3H3;9-11,21H,4-8H2,1-3H3,(H,22,23,24). The minimum absolute atomic E-state index is 0.0138. The zero-order valence-electron chi connectivity index (χ0n) is 36.8. The molecule has 22 heteroatoms. The van der Waals surface area contributed by atoms with Gasteiger partial charge >= 0.3 is 0 Å². The number of aromatic nitrogens is 7. The van der Waals surface area contributed by atoms with E-state index in [9.17, 15) is 33.2 Å². The molecule has 2 aliphatic heterocycles. The van der Waals surface area contributed by atoms with Crippen molar-refractivity contribution in [2.45, 2.75) is 60.3 Å². The van der Waals surface area contributed by atoms with Crippen LogP contribution in [0.5, 0.6) is 5.75 Å². The molecule has 0 atom stereocenters. The molecule has 0 aromatic carbocycles. The van der Waals surface area contributed by atoms with Crippen LogP contribution in [0.3, 0.4) is 0 Å². The highest BCUT2D eigenvalue weighted by molar-refractivity contribution is 6.45. The monoisotopic (exact) mass is 884 g/mol. The predicted molar refractivity (Wildman–Crippen MR) is 231 cm³/mol. The van der Waals surface area contributed by atoms with Gasteiger partial charge in [-0.1, -0.05) is 38.8 Å². The minimum Gasteiger partial charge on any atom is -0.494 e. The van der Waals surface area contributed by atoms with Crippen molar-refractivity contribution >= 4 is 62.8 Å². The van der Waals surface area contributed by atoms with Crippen molar-refractivity contribution < 1.29 is 37.9 Å². The first-order valence-corrected chi connectivity index (χ1v) is 21.2. The lowest BCUT2D eigenvalue weighted by atomic mass is 10.1. The van der Waals surface area contributed by atoms with Crippen molar-refractivity contribution in [2.75, 3.05) is 71.4 Å². The lowest BCUT2D eigenvalue weighted by Crippen LogP contribution is -2.52. The number of nitrogens with zero attached hydrogens (tertiary/aromatic N) is 11. The maximum Gasteiger partial charge on any atom is 0.295 e. The maximum absolute atomic E-state index is 14.4. The van der Waals surface area contributed by atoms with E-state index < -0.39 is 29.2 Å². The number of piperazine rings is 2. The minimum atomic E-state index is -0.823. The van der Waals surface area contributed by atoms with Gasteiger partial charge in [-0.05, 0) is 20.3 Å². The van der Waals surface area contributed by atoms with Gasteiger partial charge in [0.15, 0.2) is 17.5 Å². The molecular formula is C42H53FN14O7. The molecule has 5 aromatic heterocycles. The molecule has 0 saturated carbocycles. The van der Waals surface area contributed by atoms with Crippen LogP contribution >= 0.6 is 0 Å². The number of methoxy groups -OCH3 is 1. The molecule has 0 aliphatic carbocycles. The molecule has 0 radical (unpaired) electrons. The second-order valence-corrected chi connectivity index (χ2v) is 15.5. The Balaban J connectivity index is 0.000000214. The number of fused-ring (bicyclic) bond motifs is 2. The third-order valence-electron chi connectivity index (χ3n) is 10.9. The normalized spacial score (nSPS) is 14.3. The summed E-state index contributed by atoms with van der Waals surface area (Å²) in [5.41, 5.74) is 3.45. The Morgan fingerprint density at radius 2 is 1.39 bits per heavy atom. The topological polar surface area (TPSA) is 249 Å². The van der Waals surface area contributed by atoms with E-state index in [2.05, 4.69) is 52.7 Å². The summed E-state index contributed by atoms with van der Waals surface area (Å²) >= 11 is 0. The molecule has 64 heavy (non-hydrogen) atoms. The number of hydrogen-bond acceptors (Lipinski definition) is 13. The summed E-state index contributed by atoms with van der Waals surface area (Å²) in [6.45, 7) is 12.5. The zero-order chi connectivity index (χ0) is 46.1. The summed E-state index contributed by atoms with van der Waals surface area (Å²) in [7, 11) is 1.48. The number of pyridine rings is 2. The van der Waals surface area contributed by atoms with Crippen LogP contribution < -0.4 is 10.2 Å². The molecule has 7 heterocycles. The molecule has 4 amide bonds. The van der Waals surface area contributed by atoms with E-state index in [0.717, 1.165) is 25.5 Å². The lowest BCUT2D eigenvalue weighted by molar-refractivity contribution is -0.139. The Hall–Kier alpha value is -7.13. The van der Waals surface area contributed by atoms with E-state index in [0.29, 0.717) is 80.5 Å². The van der Waals surface area contributed by atoms with E-state index in [1.54, 1.807) is 23.6 Å². The van der Waals surface area contributed by atoms with Crippen molar-refractivity contribution in [1.82, 2.24) is 54.3 Å². The van der Waals surface area contributed by atoms with Gasteiger partial charge < -0.3 is 34.3 Å². The molecule has 21 nitrogen and oxygen atoms in total. The fourth-order valence-electron chi connectivity index (χ4n) is 7.44. The van der Waals surface area contributed by atoms with Crippen molar-refractivity contribution in [2.24, 2.45) is 16.3 Å². The summed E-state index contributed by atoms with van der Waals surface area (Å²) in [4.78, 5) is 101. The number of anilines is 1. The molecule has 7 rings (SSSR count). The first kappa shape index (κ1) is 46.4. The summed E-state index contributed by atoms with van der Waals surface area (Å²) in [6, 6.07) is 0. The Morgan fingerprint density at radius 1 is 0.797 bits per heavy atom. The smallest absolute Gasteiger partial charge is 0.295 e. The van der Waals surface area contributed by atoms with E-state index >= 15 is 0 Å². The van der Waals surface area contributed by atoms with Crippen LogP contribution in [0.25, 0.3) is 27.6 Å². The summed E-state index contributed by atoms with van der Waals surface area (Å²) in [5, 5.41) is 12.2. The molecule has 0 bridgehead atoms. The molecule has 2 saturated heterocycles. The first-order valence-electron chi connectivity index (χ1n) is 21.2. The van der Waals surface area contributed by atoms with Crippen LogP contribution in [0, 0.1) is 18.7 Å². The van der Waals surface area contributed by atoms with Gasteiger partial charge in [-0.25, -0.2) is 29.4 Å². The van der Waals surface area contributed by atoms with Gasteiger partial charge in [0.05, 0.1) is 59.0 Å². The maximum atomic E-state index is 14.4. The number of aromatic amines is 2. The number of rotatable bonds is 14. The Kier molecular flexibility index (Phi) is 15.1. The zero-order valence-corrected chi connectivity index (χ0v) is 36.8. The fraction of sp³-hybridized carbons (Fsp3) is 0.476. The van der Waals surface area contributed by atoms with Crippen LogP contribution in [0.4, 0.5) is 10.2 Å². The van der Waals surface area contributed by atoms with Gasteiger partial charge in [0, 0.05) is 77.1 Å². The summed E-state index contributed by atoms with van der Waals surface area (Å²) in [5.74, 6) is -1.95. The van der Waals surface area contributed by atoms with Gasteiger partial charge in [-0.3, -0.25) is 28.8 Å². The van der Waals surface area contributed by atoms with Gasteiger partial charge in [-0.15, -0.1) is 0 Å². The molecule has 3 N–H and O–H groups in total. The summed E-state index contributed by atoms with van der Waals surface area (Å²) < 4.78 is 21.4. The number of nitrogens with one attached hydrogen (secondary N) is 3. The third kappa shape index (κ3) is 10.1. The Labute approximate surface area is 367 Å². The predicted octanol–water partition coefficient (Wildman–Crippen LogP) is 3.90. The van der Waals surface area contributed by atoms with Crippen molar-refractivity contribution in [3.05, 3.63) is 53.9 Å². The van der Waals surface area contributed by atoms with Crippen LogP contribution in [0.15, 0.2) is 41.5 Å². The highest BCUT2D eigenvalue weighted by Crippen LogP contribution is 2.32. The molecule has 0 spiro atoms. The van der Waals surface area contributed by atoms with Gasteiger partial charge in [0.2, 0.25) is 11.8 Å². The van der Waals surface area contributed by atoms with E-state index in [4.69, 9.17) is 4.74 Å². The second kappa shape index (κ2) is 20.8. The number of H-pyrrole nitrogens is 2. The van der Waals surface area contributed by atoms with Gasteiger partial charge in [-0.2, -0.15) is 10.2 Å². The number of Topliss-reactive ketones (excluding diaryl/α,β-unsaturated/α-hetero) is 2. The fourth-order valence-corrected chi connectivity index (χ4v) is 7.44. The second-order valence-electron chi connectivity index (χ2n) is 15.5. The van der Waals surface area contributed by atoms with Crippen LogP contribution in [0.2, 0.25) is 0 Å². The number of unbranched alkanes of at least 4 members (excludes halogenated alkanes) is 2. The number of carbonyl (C=O) groups is 6. The highest BCUT2D eigenvalue weighted by Gasteiger charge is 2.33. The molecule has 2 fully saturated rings. The number of ketones is 2. The van der Waals surface area contributed by atoms with Crippen molar-refractivity contribution in [3.8, 4) is 11.6 Å². The number of carbonyl (C=O) groups excluding carboxylic acids is 6. The van der Waals surface area contributed by atoms with E-state index in [1.165, 1.54) is 46.5 Å². The van der Waals surface area contributed by atoms with E-state index in [-0.39, 0.29) is 58.7 Å².